The van der Waals surface area contributed by atoms with E-state index in [4.69, 9.17) is 0 Å². The number of phenols is 1. The van der Waals surface area contributed by atoms with Crippen LogP contribution in [-0.4, -0.2) is 30.8 Å². The van der Waals surface area contributed by atoms with Crippen LogP contribution in [-0.2, 0) is 5.41 Å². The summed E-state index contributed by atoms with van der Waals surface area (Å²) in [6.45, 7) is 7.75. The van der Waals surface area contributed by atoms with Crippen molar-refractivity contribution in [1.82, 2.24) is 19.7 Å². The van der Waals surface area contributed by atoms with Crippen molar-refractivity contribution < 1.29 is 9.90 Å². The van der Waals surface area contributed by atoms with E-state index >= 15 is 0 Å². The molecule has 0 aliphatic heterocycles. The first kappa shape index (κ1) is 26.2. The smallest absolute Gasteiger partial charge is 0.259 e. The molecule has 40 heavy (non-hydrogen) atoms. The highest BCUT2D eigenvalue weighted by Gasteiger charge is 2.29. The number of nitrogens with one attached hydrogen (secondary N) is 1. The molecule has 0 atom stereocenters. The Bertz CT molecular complexity index is 1790. The predicted molar refractivity (Wildman–Crippen MR) is 151 cm³/mol. The van der Waals surface area contributed by atoms with E-state index in [1.165, 1.54) is 4.68 Å². The maximum absolute atomic E-state index is 13.2. The van der Waals surface area contributed by atoms with E-state index < -0.39 is 11.3 Å². The molecule has 3 aromatic carbocycles. The highest BCUT2D eigenvalue weighted by molar-refractivity contribution is 6.11. The summed E-state index contributed by atoms with van der Waals surface area (Å²) >= 11 is 0. The summed E-state index contributed by atoms with van der Waals surface area (Å²) in [6.07, 6.45) is 3.12. The van der Waals surface area contributed by atoms with Crippen LogP contribution in [0.25, 0.3) is 16.7 Å². The van der Waals surface area contributed by atoms with Gasteiger partial charge in [-0.1, -0.05) is 62.7 Å². The fourth-order valence-electron chi connectivity index (χ4n) is 4.19. The quantitative estimate of drug-likeness (QED) is 0.243. The van der Waals surface area contributed by atoms with E-state index in [1.807, 2.05) is 52.0 Å². The molecule has 5 aromatic rings. The molecular weight excluding hydrogens is 504 g/mol. The maximum atomic E-state index is 13.2. The first-order chi connectivity index (χ1) is 19.2. The number of rotatable bonds is 5. The molecule has 5 rings (SSSR count). The molecule has 0 spiro atoms. The summed E-state index contributed by atoms with van der Waals surface area (Å²) in [6, 6.07) is 20.0. The minimum Gasteiger partial charge on any atom is -0.505 e. The molecule has 0 aliphatic carbocycles. The van der Waals surface area contributed by atoms with Crippen LogP contribution in [0.1, 0.15) is 48.0 Å². The summed E-state index contributed by atoms with van der Waals surface area (Å²) < 4.78 is 1.36. The third-order valence-electron chi connectivity index (χ3n) is 6.22. The number of azo groups is 1. The second-order valence-corrected chi connectivity index (χ2v) is 10.2. The minimum absolute atomic E-state index is 0.0315. The van der Waals surface area contributed by atoms with Crippen LogP contribution in [0, 0.1) is 18.3 Å². The zero-order valence-corrected chi connectivity index (χ0v) is 22.4. The van der Waals surface area contributed by atoms with Crippen LogP contribution in [0.3, 0.4) is 0 Å². The lowest BCUT2D eigenvalue weighted by Gasteiger charge is -2.14. The Kier molecular flexibility index (Phi) is 6.80. The van der Waals surface area contributed by atoms with Crippen molar-refractivity contribution in [3.05, 3.63) is 95.4 Å². The van der Waals surface area contributed by atoms with Gasteiger partial charge in [-0.3, -0.25) is 4.79 Å². The number of nitriles is 1. The number of aromatic nitrogens is 4. The number of benzene rings is 3. The molecule has 10 heteroatoms. The van der Waals surface area contributed by atoms with Crippen molar-refractivity contribution in [3.8, 4) is 17.8 Å². The fourth-order valence-corrected chi connectivity index (χ4v) is 4.19. The molecule has 0 bridgehead atoms. The Labute approximate surface area is 230 Å². The van der Waals surface area contributed by atoms with Gasteiger partial charge in [-0.25, -0.2) is 9.97 Å². The Morgan fingerprint density at radius 3 is 2.40 bits per heavy atom. The van der Waals surface area contributed by atoms with Gasteiger partial charge in [0.25, 0.3) is 11.9 Å². The Morgan fingerprint density at radius 2 is 1.73 bits per heavy atom. The number of amides is 1. The first-order valence-electron chi connectivity index (χ1n) is 12.5. The zero-order valence-electron chi connectivity index (χ0n) is 22.4. The Balaban J connectivity index is 1.66. The van der Waals surface area contributed by atoms with Gasteiger partial charge in [0.05, 0.1) is 11.3 Å². The summed E-state index contributed by atoms with van der Waals surface area (Å²) in [5.74, 6) is -0.525. The van der Waals surface area contributed by atoms with E-state index in [1.54, 1.807) is 48.8 Å². The molecule has 0 radical (unpaired) electrons. The molecule has 2 N–H and O–H groups in total. The third kappa shape index (κ3) is 5.00. The topological polar surface area (TPSA) is 141 Å². The van der Waals surface area contributed by atoms with Gasteiger partial charge in [0.2, 0.25) is 0 Å². The van der Waals surface area contributed by atoms with Crippen molar-refractivity contribution in [1.29, 1.82) is 5.26 Å². The van der Waals surface area contributed by atoms with Crippen molar-refractivity contribution in [2.75, 3.05) is 5.32 Å². The third-order valence-corrected chi connectivity index (χ3v) is 6.22. The SMILES string of the molecule is Cc1ccc(NC(=O)c2cc3ccccc3c(N=Nc3c(C#N)c(C(C)(C)C)nn3-c3ncccn3)c2O)cc1. The number of aryl methyl sites for hydroxylation is 1. The maximum Gasteiger partial charge on any atom is 0.259 e. The summed E-state index contributed by atoms with van der Waals surface area (Å²) in [5, 5.41) is 38.8. The van der Waals surface area contributed by atoms with Crippen molar-refractivity contribution in [2.45, 2.75) is 33.1 Å². The molecule has 0 saturated heterocycles. The number of phenolic OH excluding ortho intramolecular Hbond substituents is 1. The number of aromatic hydroxyl groups is 1. The van der Waals surface area contributed by atoms with Gasteiger partial charge in [-0.05, 0) is 36.6 Å². The summed E-state index contributed by atoms with van der Waals surface area (Å²) in [5.41, 5.74) is 1.97. The van der Waals surface area contributed by atoms with Crippen LogP contribution in [0.5, 0.6) is 5.75 Å². The second-order valence-electron chi connectivity index (χ2n) is 10.2. The number of hydrogen-bond acceptors (Lipinski definition) is 8. The van der Waals surface area contributed by atoms with Gasteiger partial charge < -0.3 is 10.4 Å². The summed E-state index contributed by atoms with van der Waals surface area (Å²) in [4.78, 5) is 21.7. The second kappa shape index (κ2) is 10.4. The molecule has 0 fully saturated rings. The molecule has 1 amide bonds. The van der Waals surface area contributed by atoms with Crippen LogP contribution in [0.4, 0.5) is 17.2 Å². The van der Waals surface area contributed by atoms with E-state index in [2.05, 4.69) is 36.7 Å². The van der Waals surface area contributed by atoms with E-state index in [0.717, 1.165) is 5.56 Å². The summed E-state index contributed by atoms with van der Waals surface area (Å²) in [7, 11) is 0. The number of nitrogens with zero attached hydrogens (tertiary/aromatic N) is 7. The Hall–Kier alpha value is -5.43. The normalized spacial score (nSPS) is 11.6. The first-order valence-corrected chi connectivity index (χ1v) is 12.5. The van der Waals surface area contributed by atoms with E-state index in [9.17, 15) is 15.2 Å². The predicted octanol–water partition coefficient (Wildman–Crippen LogP) is 6.67. The van der Waals surface area contributed by atoms with Crippen LogP contribution >= 0.6 is 0 Å². The number of fused-ring (bicyclic) bond motifs is 1. The van der Waals surface area contributed by atoms with Crippen LogP contribution in [0.15, 0.2) is 83.3 Å². The van der Waals surface area contributed by atoms with Crippen molar-refractivity contribution in [2.24, 2.45) is 10.2 Å². The van der Waals surface area contributed by atoms with Crippen molar-refractivity contribution in [3.63, 3.8) is 0 Å². The van der Waals surface area contributed by atoms with Crippen LogP contribution in [0.2, 0.25) is 0 Å². The fraction of sp³-hybridized carbons (Fsp3) is 0.167. The number of hydrogen-bond donors (Lipinski definition) is 2. The molecule has 2 aromatic heterocycles. The van der Waals surface area contributed by atoms with Crippen molar-refractivity contribution >= 4 is 33.9 Å². The number of anilines is 1. The zero-order chi connectivity index (χ0) is 28.4. The van der Waals surface area contributed by atoms with Gasteiger partial charge in [0.15, 0.2) is 11.6 Å². The molecule has 0 aliphatic rings. The number of carbonyl (C=O) groups excluding carboxylic acids is 1. The largest absolute Gasteiger partial charge is 0.505 e. The average molecular weight is 531 g/mol. The average Bonchev–Trinajstić information content (AvgIpc) is 3.33. The highest BCUT2D eigenvalue weighted by atomic mass is 16.3. The van der Waals surface area contributed by atoms with E-state index in [-0.39, 0.29) is 34.3 Å². The van der Waals surface area contributed by atoms with E-state index in [0.29, 0.717) is 22.2 Å². The molecular formula is C30H26N8O2. The molecule has 10 nitrogen and oxygen atoms in total. The van der Waals surface area contributed by atoms with Gasteiger partial charge in [0.1, 0.15) is 17.3 Å². The van der Waals surface area contributed by atoms with Gasteiger partial charge in [0, 0.05) is 28.9 Å². The highest BCUT2D eigenvalue weighted by Crippen LogP contribution is 2.41. The molecule has 0 unspecified atom stereocenters. The van der Waals surface area contributed by atoms with Gasteiger partial charge in [-0.2, -0.15) is 15.0 Å². The standard InChI is InChI=1S/C30H26N8O2/c1-18-10-12-20(13-11-18)34-28(40)22-16-19-8-5-6-9-21(19)24(25(22)39)35-36-27-23(17-31)26(30(2,3)4)37-38(27)29-32-14-7-15-33-29/h5-16,39H,1-4H3,(H,34,40). The van der Waals surface area contributed by atoms with Crippen LogP contribution < -0.4 is 5.32 Å². The minimum atomic E-state index is -0.501. The molecule has 2 heterocycles. The lowest BCUT2D eigenvalue weighted by atomic mass is 9.90. The molecule has 198 valence electrons. The van der Waals surface area contributed by atoms with Gasteiger partial charge in [-0.15, -0.1) is 10.2 Å². The lowest BCUT2D eigenvalue weighted by Crippen LogP contribution is -2.14. The van der Waals surface area contributed by atoms with Gasteiger partial charge >= 0.3 is 0 Å². The lowest BCUT2D eigenvalue weighted by molar-refractivity contribution is 0.102. The number of carbonyl (C=O) groups is 1. The monoisotopic (exact) mass is 530 g/mol. The Morgan fingerprint density at radius 1 is 1.02 bits per heavy atom. The molecule has 0 saturated carbocycles.